The maximum Gasteiger partial charge on any atom is 0.339 e. The summed E-state index contributed by atoms with van der Waals surface area (Å²) in [5.41, 5.74) is 7.25. The third kappa shape index (κ3) is 2.17. The predicted octanol–water partition coefficient (Wildman–Crippen LogP) is 0.840. The van der Waals surface area contributed by atoms with E-state index < -0.39 is 5.97 Å². The molecule has 1 aromatic heterocycles. The van der Waals surface area contributed by atoms with Gasteiger partial charge in [-0.25, -0.2) is 4.79 Å². The summed E-state index contributed by atoms with van der Waals surface area (Å²) < 4.78 is 4.54. The Morgan fingerprint density at radius 1 is 1.64 bits per heavy atom. The highest BCUT2D eigenvalue weighted by molar-refractivity contribution is 5.89. The van der Waals surface area contributed by atoms with E-state index in [2.05, 4.69) is 16.3 Å². The summed E-state index contributed by atoms with van der Waals surface area (Å²) in [6.45, 7) is 4.09. The number of rotatable bonds is 3. The molecule has 0 radical (unpaired) electrons. The van der Waals surface area contributed by atoms with Crippen molar-refractivity contribution in [1.82, 2.24) is 4.98 Å². The molecule has 0 saturated heterocycles. The number of nitrogens with two attached hydrogens (primary N) is 1. The second-order valence-corrected chi connectivity index (χ2v) is 2.73. The van der Waals surface area contributed by atoms with Crippen molar-refractivity contribution in [3.05, 3.63) is 36.2 Å². The van der Waals surface area contributed by atoms with E-state index in [0.717, 1.165) is 5.57 Å². The molecular weight excluding hydrogens is 180 g/mol. The number of hydrogen-bond donors (Lipinski definition) is 1. The molecule has 0 unspecified atom stereocenters. The van der Waals surface area contributed by atoms with Crippen LogP contribution in [0.15, 0.2) is 24.9 Å². The lowest BCUT2D eigenvalue weighted by Crippen LogP contribution is -2.05. The van der Waals surface area contributed by atoms with Crippen LogP contribution in [0.2, 0.25) is 0 Å². The van der Waals surface area contributed by atoms with Gasteiger partial charge in [0.05, 0.1) is 18.4 Å². The summed E-state index contributed by atoms with van der Waals surface area (Å²) in [7, 11) is 1.33. The van der Waals surface area contributed by atoms with Crippen molar-refractivity contribution in [3.8, 4) is 0 Å². The van der Waals surface area contributed by atoms with Crippen LogP contribution in [0.3, 0.4) is 0 Å². The molecule has 14 heavy (non-hydrogen) atoms. The molecule has 0 aliphatic carbocycles. The third-order valence-corrected chi connectivity index (χ3v) is 1.79. The number of esters is 1. The first kappa shape index (κ1) is 10.4. The van der Waals surface area contributed by atoms with Crippen LogP contribution in [0.5, 0.6) is 0 Å². The Morgan fingerprint density at radius 2 is 2.36 bits per heavy atom. The average molecular weight is 192 g/mol. The van der Waals surface area contributed by atoms with Gasteiger partial charge in [0.2, 0.25) is 0 Å². The number of methoxy groups -OCH3 is 1. The second kappa shape index (κ2) is 4.53. The van der Waals surface area contributed by atoms with E-state index in [-0.39, 0.29) is 0 Å². The minimum Gasteiger partial charge on any atom is -0.465 e. The average Bonchev–Trinajstić information content (AvgIpc) is 2.27. The highest BCUT2D eigenvalue weighted by atomic mass is 16.5. The Morgan fingerprint density at radius 3 is 2.79 bits per heavy atom. The van der Waals surface area contributed by atoms with E-state index >= 15 is 0 Å². The fraction of sp³-hybridized carbons (Fsp3) is 0.200. The molecule has 1 aromatic rings. The minimum absolute atomic E-state index is 0.352. The van der Waals surface area contributed by atoms with Crippen LogP contribution in [-0.4, -0.2) is 24.6 Å². The molecule has 0 aromatic carbocycles. The fourth-order valence-electron chi connectivity index (χ4n) is 0.946. The van der Waals surface area contributed by atoms with Crippen LogP contribution < -0.4 is 5.73 Å². The van der Waals surface area contributed by atoms with E-state index in [9.17, 15) is 4.79 Å². The number of ether oxygens (including phenoxy) is 1. The summed E-state index contributed by atoms with van der Waals surface area (Å²) in [6.07, 6.45) is 1.45. The van der Waals surface area contributed by atoms with Crippen LogP contribution >= 0.6 is 0 Å². The van der Waals surface area contributed by atoms with Gasteiger partial charge in [-0.15, -0.1) is 0 Å². The van der Waals surface area contributed by atoms with E-state index in [4.69, 9.17) is 5.73 Å². The lowest BCUT2D eigenvalue weighted by Gasteiger charge is -2.02. The van der Waals surface area contributed by atoms with E-state index in [1.54, 1.807) is 12.1 Å². The topological polar surface area (TPSA) is 65.2 Å². The Labute approximate surface area is 82.4 Å². The molecule has 1 rings (SSSR count). The zero-order valence-electron chi connectivity index (χ0n) is 7.99. The van der Waals surface area contributed by atoms with Gasteiger partial charge >= 0.3 is 5.97 Å². The van der Waals surface area contributed by atoms with Gasteiger partial charge in [0.1, 0.15) is 0 Å². The first-order chi connectivity index (χ1) is 6.69. The van der Waals surface area contributed by atoms with Gasteiger partial charge in [0.15, 0.2) is 0 Å². The Bertz CT molecular complexity index is 309. The SMILES string of the molecule is C=C(CN)c1ccc(C(=O)OC)cn1. The van der Waals surface area contributed by atoms with Crippen LogP contribution in [0, 0.1) is 0 Å². The van der Waals surface area contributed by atoms with Gasteiger partial charge in [0.25, 0.3) is 0 Å². The molecular formula is C10H12N2O2. The number of aromatic nitrogens is 1. The van der Waals surface area contributed by atoms with Gasteiger partial charge in [-0.05, 0) is 17.7 Å². The van der Waals surface area contributed by atoms with Crippen LogP contribution in [0.25, 0.3) is 5.57 Å². The van der Waals surface area contributed by atoms with Gasteiger partial charge in [-0.3, -0.25) is 4.98 Å². The Kier molecular flexibility index (Phi) is 3.36. The summed E-state index contributed by atoms with van der Waals surface area (Å²) in [5, 5.41) is 0. The zero-order valence-corrected chi connectivity index (χ0v) is 7.99. The third-order valence-electron chi connectivity index (χ3n) is 1.79. The predicted molar refractivity (Wildman–Crippen MR) is 53.7 cm³/mol. The van der Waals surface area contributed by atoms with Crippen molar-refractivity contribution < 1.29 is 9.53 Å². The van der Waals surface area contributed by atoms with Crippen molar-refractivity contribution in [2.75, 3.05) is 13.7 Å². The lowest BCUT2D eigenvalue weighted by molar-refractivity contribution is 0.0600. The monoisotopic (exact) mass is 192 g/mol. The summed E-state index contributed by atoms with van der Waals surface area (Å²) >= 11 is 0. The van der Waals surface area contributed by atoms with E-state index in [1.807, 2.05) is 0 Å². The molecule has 4 heteroatoms. The Hall–Kier alpha value is -1.68. The molecule has 1 heterocycles. The molecule has 0 bridgehead atoms. The molecule has 4 nitrogen and oxygen atoms in total. The van der Waals surface area contributed by atoms with Crippen LogP contribution in [-0.2, 0) is 4.74 Å². The van der Waals surface area contributed by atoms with Gasteiger partial charge in [-0.2, -0.15) is 0 Å². The quantitative estimate of drug-likeness (QED) is 0.721. The molecule has 0 aliphatic rings. The molecule has 0 atom stereocenters. The van der Waals surface area contributed by atoms with Gasteiger partial charge in [0, 0.05) is 12.7 Å². The molecule has 0 spiro atoms. The van der Waals surface area contributed by atoms with E-state index in [0.29, 0.717) is 17.8 Å². The maximum absolute atomic E-state index is 11.1. The van der Waals surface area contributed by atoms with Crippen molar-refractivity contribution in [2.24, 2.45) is 5.73 Å². The normalized spacial score (nSPS) is 9.57. The van der Waals surface area contributed by atoms with Crippen molar-refractivity contribution in [1.29, 1.82) is 0 Å². The van der Waals surface area contributed by atoms with Crippen molar-refractivity contribution >= 4 is 11.5 Å². The summed E-state index contributed by atoms with van der Waals surface area (Å²) in [4.78, 5) is 15.1. The number of pyridine rings is 1. The Balaban J connectivity index is 2.89. The molecule has 74 valence electrons. The highest BCUT2D eigenvalue weighted by Crippen LogP contribution is 2.08. The fourth-order valence-corrected chi connectivity index (χ4v) is 0.946. The molecule has 0 amide bonds. The second-order valence-electron chi connectivity index (χ2n) is 2.73. The first-order valence-corrected chi connectivity index (χ1v) is 4.11. The number of carbonyl (C=O) groups is 1. The number of hydrogen-bond acceptors (Lipinski definition) is 4. The highest BCUT2D eigenvalue weighted by Gasteiger charge is 2.05. The summed E-state index contributed by atoms with van der Waals surface area (Å²) in [6, 6.07) is 3.33. The smallest absolute Gasteiger partial charge is 0.339 e. The van der Waals surface area contributed by atoms with Crippen LogP contribution in [0.1, 0.15) is 16.1 Å². The van der Waals surface area contributed by atoms with Gasteiger partial charge in [-0.1, -0.05) is 6.58 Å². The van der Waals surface area contributed by atoms with E-state index in [1.165, 1.54) is 13.3 Å². The molecule has 2 N–H and O–H groups in total. The maximum atomic E-state index is 11.1. The standard InChI is InChI=1S/C10H12N2O2/c1-7(5-11)9-4-3-8(6-12-9)10(13)14-2/h3-4,6H,1,5,11H2,2H3. The number of carbonyl (C=O) groups excluding carboxylic acids is 1. The van der Waals surface area contributed by atoms with Crippen LogP contribution in [0.4, 0.5) is 0 Å². The van der Waals surface area contributed by atoms with Crippen molar-refractivity contribution in [2.45, 2.75) is 0 Å². The minimum atomic E-state index is -0.401. The van der Waals surface area contributed by atoms with Crippen molar-refractivity contribution in [3.63, 3.8) is 0 Å². The molecule has 0 saturated carbocycles. The largest absolute Gasteiger partial charge is 0.465 e. The molecule has 0 fully saturated rings. The zero-order chi connectivity index (χ0) is 10.6. The first-order valence-electron chi connectivity index (χ1n) is 4.11. The lowest BCUT2D eigenvalue weighted by atomic mass is 10.2. The molecule has 0 aliphatic heterocycles. The summed E-state index contributed by atoms with van der Waals surface area (Å²) in [5.74, 6) is -0.401. The number of nitrogens with zero attached hydrogens (tertiary/aromatic N) is 1. The van der Waals surface area contributed by atoms with Gasteiger partial charge < -0.3 is 10.5 Å².